The molecule has 0 aliphatic rings. The number of hydrogen-bond donors (Lipinski definition) is 1. The van der Waals surface area contributed by atoms with E-state index in [1.54, 1.807) is 25.4 Å². The highest BCUT2D eigenvalue weighted by molar-refractivity contribution is 7.24. The van der Waals surface area contributed by atoms with Crippen LogP contribution in [0.5, 0.6) is 5.75 Å². The molecule has 4 heterocycles. The number of pyridine rings is 2. The quantitative estimate of drug-likeness (QED) is 0.327. The summed E-state index contributed by atoms with van der Waals surface area (Å²) in [5.41, 5.74) is 3.77. The molecule has 0 amide bonds. The molecule has 0 fully saturated rings. The Morgan fingerprint density at radius 2 is 1.83 bits per heavy atom. The summed E-state index contributed by atoms with van der Waals surface area (Å²) >= 11 is 1.37. The molecule has 1 N–H and O–H groups in total. The number of hydrogen-bond acceptors (Lipinski definition) is 7. The average Bonchev–Trinajstić information content (AvgIpc) is 3.26. The Bertz CT molecular complexity index is 1850. The van der Waals surface area contributed by atoms with Crippen LogP contribution in [-0.4, -0.2) is 21.5 Å². The van der Waals surface area contributed by atoms with Gasteiger partial charge in [-0.25, -0.2) is 9.97 Å². The number of thiophene rings is 1. The maximum Gasteiger partial charge on any atom is 0.268 e. The lowest BCUT2D eigenvalue weighted by atomic mass is 10.1. The molecule has 0 saturated heterocycles. The van der Waals surface area contributed by atoms with Gasteiger partial charge in [0.2, 0.25) is 0 Å². The third kappa shape index (κ3) is 3.38. The molecule has 7 nitrogen and oxygen atoms in total. The highest BCUT2D eigenvalue weighted by Gasteiger charge is 2.23. The molecule has 0 saturated carbocycles. The second kappa shape index (κ2) is 8.24. The Balaban J connectivity index is 1.75. The number of anilines is 2. The minimum absolute atomic E-state index is 0.220. The predicted molar refractivity (Wildman–Crippen MR) is 139 cm³/mol. The van der Waals surface area contributed by atoms with Gasteiger partial charge in [0.15, 0.2) is 0 Å². The number of nitriles is 1. The van der Waals surface area contributed by atoms with Crippen LogP contribution >= 0.6 is 11.3 Å². The number of fused-ring (bicyclic) bond motifs is 4. The van der Waals surface area contributed by atoms with Crippen LogP contribution in [0.2, 0.25) is 0 Å². The van der Waals surface area contributed by atoms with Crippen molar-refractivity contribution in [2.24, 2.45) is 0 Å². The van der Waals surface area contributed by atoms with E-state index in [1.165, 1.54) is 15.7 Å². The molecular formula is C27H17N5O2S. The second-order valence-corrected chi connectivity index (χ2v) is 8.87. The van der Waals surface area contributed by atoms with Gasteiger partial charge in [0.05, 0.1) is 28.4 Å². The summed E-state index contributed by atoms with van der Waals surface area (Å²) in [5.74, 6) is 0.642. The fourth-order valence-electron chi connectivity index (χ4n) is 4.15. The van der Waals surface area contributed by atoms with Gasteiger partial charge < -0.3 is 10.1 Å². The number of ether oxygens (including phenoxy) is 1. The number of methoxy groups -OCH3 is 1. The molecule has 6 rings (SSSR count). The summed E-state index contributed by atoms with van der Waals surface area (Å²) in [5, 5.41) is 14.5. The van der Waals surface area contributed by atoms with Crippen molar-refractivity contribution in [1.29, 1.82) is 5.26 Å². The van der Waals surface area contributed by atoms with Crippen LogP contribution < -0.4 is 15.6 Å². The van der Waals surface area contributed by atoms with Crippen molar-refractivity contribution >= 4 is 48.8 Å². The van der Waals surface area contributed by atoms with Crippen LogP contribution in [0, 0.1) is 11.3 Å². The molecule has 8 heteroatoms. The predicted octanol–water partition coefficient (Wildman–Crippen LogP) is 5.75. The SMILES string of the molecule is COc1cccc(-c2nc3c(C#N)c(Nc4ccccc4)sc3c3nc4ccccn4c(=O)c23)c1. The molecular weight excluding hydrogens is 458 g/mol. The maximum atomic E-state index is 13.7. The van der Waals surface area contributed by atoms with Crippen molar-refractivity contribution in [3.8, 4) is 23.1 Å². The molecule has 2 aromatic carbocycles. The van der Waals surface area contributed by atoms with Gasteiger partial charge in [-0.3, -0.25) is 9.20 Å². The first-order valence-corrected chi connectivity index (χ1v) is 11.6. The van der Waals surface area contributed by atoms with Crippen LogP contribution in [0.25, 0.3) is 38.0 Å². The number of benzene rings is 2. The van der Waals surface area contributed by atoms with E-state index in [2.05, 4.69) is 11.4 Å². The third-order valence-electron chi connectivity index (χ3n) is 5.78. The minimum Gasteiger partial charge on any atom is -0.497 e. The second-order valence-electron chi connectivity index (χ2n) is 7.85. The maximum absolute atomic E-state index is 13.7. The largest absolute Gasteiger partial charge is 0.497 e. The number of nitrogens with one attached hydrogen (secondary N) is 1. The smallest absolute Gasteiger partial charge is 0.268 e. The van der Waals surface area contributed by atoms with E-state index < -0.39 is 0 Å². The van der Waals surface area contributed by atoms with Gasteiger partial charge in [-0.05, 0) is 36.4 Å². The molecule has 0 unspecified atom stereocenters. The fraction of sp³-hybridized carbons (Fsp3) is 0.0370. The zero-order chi connectivity index (χ0) is 23.9. The first-order chi connectivity index (χ1) is 17.2. The van der Waals surface area contributed by atoms with E-state index in [0.29, 0.717) is 54.3 Å². The zero-order valence-electron chi connectivity index (χ0n) is 18.5. The van der Waals surface area contributed by atoms with Gasteiger partial charge in [0.1, 0.15) is 33.5 Å². The lowest BCUT2D eigenvalue weighted by Gasteiger charge is -2.10. The first kappa shape index (κ1) is 20.8. The molecule has 0 aliphatic carbocycles. The molecule has 4 aromatic heterocycles. The monoisotopic (exact) mass is 475 g/mol. The Hall–Kier alpha value is -4.74. The van der Waals surface area contributed by atoms with Crippen molar-refractivity contribution in [2.45, 2.75) is 0 Å². The molecule has 168 valence electrons. The summed E-state index contributed by atoms with van der Waals surface area (Å²) in [6.45, 7) is 0. The highest BCUT2D eigenvalue weighted by Crippen LogP contribution is 2.41. The van der Waals surface area contributed by atoms with Crippen LogP contribution in [0.3, 0.4) is 0 Å². The molecule has 0 atom stereocenters. The number of rotatable bonds is 4. The van der Waals surface area contributed by atoms with Crippen molar-refractivity contribution < 1.29 is 4.74 Å². The van der Waals surface area contributed by atoms with Crippen LogP contribution in [-0.2, 0) is 0 Å². The van der Waals surface area contributed by atoms with Gasteiger partial charge in [-0.15, -0.1) is 11.3 Å². The van der Waals surface area contributed by atoms with Gasteiger partial charge in [-0.1, -0.05) is 36.4 Å². The standard InChI is InChI=1S/C27H17N5O2S/c1-34-18-11-7-8-16(14-18)22-21-24(30-20-12-5-6-13-32(20)27(21)33)25-23(31-22)19(15-28)26(35-25)29-17-9-3-2-4-10-17/h2-14,29H,1H3. The van der Waals surface area contributed by atoms with Crippen LogP contribution in [0.4, 0.5) is 10.7 Å². The van der Waals surface area contributed by atoms with Crippen molar-refractivity contribution in [2.75, 3.05) is 12.4 Å². The Morgan fingerprint density at radius 3 is 2.63 bits per heavy atom. The van der Waals surface area contributed by atoms with E-state index in [0.717, 1.165) is 5.69 Å². The lowest BCUT2D eigenvalue weighted by molar-refractivity contribution is 0.415. The lowest BCUT2D eigenvalue weighted by Crippen LogP contribution is -2.16. The molecule has 0 aliphatic heterocycles. The summed E-state index contributed by atoms with van der Waals surface area (Å²) in [6, 6.07) is 24.7. The van der Waals surface area contributed by atoms with Gasteiger partial charge in [-0.2, -0.15) is 5.26 Å². The molecule has 0 spiro atoms. The van der Waals surface area contributed by atoms with E-state index in [1.807, 2.05) is 60.7 Å². The van der Waals surface area contributed by atoms with E-state index in [9.17, 15) is 10.1 Å². The first-order valence-electron chi connectivity index (χ1n) is 10.8. The summed E-state index contributed by atoms with van der Waals surface area (Å²) < 4.78 is 7.61. The average molecular weight is 476 g/mol. The molecule has 0 bridgehead atoms. The molecule has 6 aromatic rings. The fourth-order valence-corrected chi connectivity index (χ4v) is 5.25. The molecule has 35 heavy (non-hydrogen) atoms. The third-order valence-corrected chi connectivity index (χ3v) is 6.88. The number of nitrogens with zero attached hydrogens (tertiary/aromatic N) is 4. The van der Waals surface area contributed by atoms with Gasteiger partial charge in [0, 0.05) is 17.4 Å². The summed E-state index contributed by atoms with van der Waals surface area (Å²) in [7, 11) is 1.59. The van der Waals surface area contributed by atoms with Crippen molar-refractivity contribution in [1.82, 2.24) is 14.4 Å². The topological polar surface area (TPSA) is 92.3 Å². The Labute approximate surface area is 203 Å². The molecule has 0 radical (unpaired) electrons. The van der Waals surface area contributed by atoms with Gasteiger partial charge >= 0.3 is 0 Å². The number of aromatic nitrogens is 3. The zero-order valence-corrected chi connectivity index (χ0v) is 19.3. The van der Waals surface area contributed by atoms with Crippen LogP contribution in [0.15, 0.2) is 83.8 Å². The van der Waals surface area contributed by atoms with Crippen molar-refractivity contribution in [3.63, 3.8) is 0 Å². The highest BCUT2D eigenvalue weighted by atomic mass is 32.1. The van der Waals surface area contributed by atoms with Crippen LogP contribution in [0.1, 0.15) is 5.56 Å². The number of para-hydroxylation sites is 1. The van der Waals surface area contributed by atoms with E-state index in [-0.39, 0.29) is 5.56 Å². The minimum atomic E-state index is -0.220. The summed E-state index contributed by atoms with van der Waals surface area (Å²) in [4.78, 5) is 23.5. The van der Waals surface area contributed by atoms with E-state index in [4.69, 9.17) is 14.7 Å². The summed E-state index contributed by atoms with van der Waals surface area (Å²) in [6.07, 6.45) is 1.70. The van der Waals surface area contributed by atoms with Gasteiger partial charge in [0.25, 0.3) is 5.56 Å². The van der Waals surface area contributed by atoms with E-state index >= 15 is 0 Å². The Morgan fingerprint density at radius 1 is 1.00 bits per heavy atom. The normalized spacial score (nSPS) is 11.1. The van der Waals surface area contributed by atoms with Crippen molar-refractivity contribution in [3.05, 3.63) is 94.9 Å². The Kier molecular flexibility index (Phi) is 4.90.